The summed E-state index contributed by atoms with van der Waals surface area (Å²) in [5, 5.41) is 37.7. The standard InChI is InChI=1S/C50H75N3O14/c1-5-51-44-34-46-42(31-37(44)3)49(43-32-38(4)45(52-6-2)35-47(43)67-46)40-13-12-39(33-41(40)50(56)57)66-18-10-11-48(55)53-14-19-58-16-8-7-9-17-59-21-22-61-23-24-62-25-26-63-28-30-65-36-64-29-27-60-20-15-54/h12-13,31-35,48,51,53-55H,5-11,14-30,36H2,1-4H3,(H,56,57). The Morgan fingerprint density at radius 2 is 1.31 bits per heavy atom. The summed E-state index contributed by atoms with van der Waals surface area (Å²) in [6, 6.07) is 13.2. The highest BCUT2D eigenvalue weighted by molar-refractivity contribution is 6.08. The highest BCUT2D eigenvalue weighted by atomic mass is 16.7. The Morgan fingerprint density at radius 1 is 0.687 bits per heavy atom. The SMILES string of the molecule is CCN=c1cc2oc3cc(NCC)c(C)cc3c(-c3ccc(OCCCC(O)NCCOCCCCCOCCOCCOCCOCCOCOCCOCCO)cc3C(=O)O)c-2cc1C. The molecule has 1 aliphatic carbocycles. The molecule has 17 heteroatoms. The summed E-state index contributed by atoms with van der Waals surface area (Å²) in [6.45, 7) is 17.3. The van der Waals surface area contributed by atoms with Crippen molar-refractivity contribution >= 4 is 22.6 Å². The summed E-state index contributed by atoms with van der Waals surface area (Å²) in [4.78, 5) is 17.5. The van der Waals surface area contributed by atoms with Gasteiger partial charge in [0.25, 0.3) is 0 Å². The minimum atomic E-state index is -1.06. The van der Waals surface area contributed by atoms with Crippen LogP contribution in [0.1, 0.15) is 67.4 Å². The number of carbonyl (C=O) groups is 1. The first-order valence-electron chi connectivity index (χ1n) is 23.7. The van der Waals surface area contributed by atoms with Crippen LogP contribution in [0.5, 0.6) is 5.75 Å². The molecule has 1 atom stereocenters. The highest BCUT2D eigenvalue weighted by Crippen LogP contribution is 2.43. The number of nitrogens with one attached hydrogen (secondary N) is 2. The van der Waals surface area contributed by atoms with Crippen molar-refractivity contribution in [3.8, 4) is 28.2 Å². The Kier molecular flexibility index (Phi) is 27.5. The van der Waals surface area contributed by atoms with Gasteiger partial charge in [-0.3, -0.25) is 10.3 Å². The number of nitrogens with zero attached hydrogens (tertiary/aromatic N) is 1. The summed E-state index contributed by atoms with van der Waals surface area (Å²) in [7, 11) is 0. The van der Waals surface area contributed by atoms with Crippen molar-refractivity contribution in [2.24, 2.45) is 4.99 Å². The molecule has 0 saturated heterocycles. The van der Waals surface area contributed by atoms with Crippen molar-refractivity contribution in [1.82, 2.24) is 5.32 Å². The molecule has 0 radical (unpaired) electrons. The number of unbranched alkanes of at least 4 members (excludes halogenated alkanes) is 2. The van der Waals surface area contributed by atoms with Gasteiger partial charge in [0.05, 0.1) is 103 Å². The maximum Gasteiger partial charge on any atom is 0.336 e. The first kappa shape index (κ1) is 55.4. The largest absolute Gasteiger partial charge is 0.494 e. The number of hydrogen-bond donors (Lipinski definition) is 5. The van der Waals surface area contributed by atoms with Crippen LogP contribution in [0.3, 0.4) is 0 Å². The summed E-state index contributed by atoms with van der Waals surface area (Å²) in [6.07, 6.45) is 3.17. The van der Waals surface area contributed by atoms with Crippen LogP contribution in [-0.4, -0.2) is 160 Å². The maximum atomic E-state index is 12.8. The summed E-state index contributed by atoms with van der Waals surface area (Å²) >= 11 is 0. The smallest absolute Gasteiger partial charge is 0.336 e. The number of anilines is 1. The molecule has 1 heterocycles. The van der Waals surface area contributed by atoms with Crippen LogP contribution in [0.4, 0.5) is 5.69 Å². The molecular weight excluding hydrogens is 867 g/mol. The number of carboxylic acid groups (broad SMARTS) is 1. The van der Waals surface area contributed by atoms with E-state index in [0.29, 0.717) is 148 Å². The Balaban J connectivity index is 1.04. The molecule has 0 fully saturated rings. The molecule has 1 unspecified atom stereocenters. The first-order valence-corrected chi connectivity index (χ1v) is 23.7. The Bertz CT molecular complexity index is 2030. The van der Waals surface area contributed by atoms with E-state index in [4.69, 9.17) is 52.2 Å². The average Bonchev–Trinajstić information content (AvgIpc) is 3.31. The summed E-state index contributed by atoms with van der Waals surface area (Å²) in [5.74, 6) is -0.00122. The Hall–Kier alpha value is -4.24. The lowest BCUT2D eigenvalue weighted by Gasteiger charge is -2.20. The highest BCUT2D eigenvalue weighted by Gasteiger charge is 2.24. The third kappa shape index (κ3) is 20.5. The second kappa shape index (κ2) is 33.3. The Labute approximate surface area is 395 Å². The van der Waals surface area contributed by atoms with Crippen LogP contribution in [-0.2, 0) is 37.9 Å². The Morgan fingerprint density at radius 3 is 1.94 bits per heavy atom. The number of aromatic carboxylic acids is 1. The lowest BCUT2D eigenvalue weighted by Crippen LogP contribution is -2.32. The van der Waals surface area contributed by atoms with E-state index in [0.717, 1.165) is 64.5 Å². The van der Waals surface area contributed by atoms with Gasteiger partial charge in [0.1, 0.15) is 30.1 Å². The molecule has 0 saturated carbocycles. The zero-order chi connectivity index (χ0) is 47.9. The molecule has 2 aromatic carbocycles. The molecular formula is C50H75N3O14. The van der Waals surface area contributed by atoms with Gasteiger partial charge in [-0.2, -0.15) is 0 Å². The van der Waals surface area contributed by atoms with E-state index in [2.05, 4.69) is 15.6 Å². The minimum absolute atomic E-state index is 0.00326. The number of fused-ring (bicyclic) bond motifs is 2. The fourth-order valence-electron chi connectivity index (χ4n) is 7.10. The van der Waals surface area contributed by atoms with Crippen LogP contribution < -0.4 is 20.7 Å². The molecule has 0 bridgehead atoms. The van der Waals surface area contributed by atoms with Crippen molar-refractivity contribution < 1.29 is 67.2 Å². The monoisotopic (exact) mass is 942 g/mol. The topological polar surface area (TPSA) is 210 Å². The van der Waals surface area contributed by atoms with E-state index in [-0.39, 0.29) is 19.0 Å². The predicted molar refractivity (Wildman–Crippen MR) is 256 cm³/mol. The molecule has 0 spiro atoms. The van der Waals surface area contributed by atoms with Gasteiger partial charge < -0.3 is 67.7 Å². The third-order valence-electron chi connectivity index (χ3n) is 10.4. The van der Waals surface area contributed by atoms with Gasteiger partial charge in [0.15, 0.2) is 0 Å². The number of benzene rings is 3. The second-order valence-electron chi connectivity index (χ2n) is 15.6. The van der Waals surface area contributed by atoms with Crippen LogP contribution in [0.15, 0.2) is 51.9 Å². The van der Waals surface area contributed by atoms with Crippen LogP contribution >= 0.6 is 0 Å². The van der Waals surface area contributed by atoms with Crippen LogP contribution in [0.2, 0.25) is 0 Å². The van der Waals surface area contributed by atoms with E-state index in [1.54, 1.807) is 12.1 Å². The van der Waals surface area contributed by atoms with Gasteiger partial charge in [0, 0.05) is 67.2 Å². The number of carboxylic acids is 1. The minimum Gasteiger partial charge on any atom is -0.494 e. The van der Waals surface area contributed by atoms with Gasteiger partial charge in [-0.15, -0.1) is 0 Å². The van der Waals surface area contributed by atoms with E-state index in [1.165, 1.54) is 0 Å². The predicted octanol–water partition coefficient (Wildman–Crippen LogP) is 6.19. The van der Waals surface area contributed by atoms with Crippen LogP contribution in [0, 0.1) is 13.8 Å². The summed E-state index contributed by atoms with van der Waals surface area (Å²) in [5.41, 5.74) is 5.85. The molecule has 374 valence electrons. The number of aliphatic hydroxyl groups excluding tert-OH is 2. The van der Waals surface area contributed by atoms with Gasteiger partial charge in [0.2, 0.25) is 0 Å². The lowest BCUT2D eigenvalue weighted by molar-refractivity contribution is -0.0850. The van der Waals surface area contributed by atoms with E-state index >= 15 is 0 Å². The number of aryl methyl sites for hydroxylation is 2. The fourth-order valence-corrected chi connectivity index (χ4v) is 7.10. The van der Waals surface area contributed by atoms with Crippen molar-refractivity contribution in [2.45, 2.75) is 66.0 Å². The average molecular weight is 942 g/mol. The van der Waals surface area contributed by atoms with Gasteiger partial charge in [-0.1, -0.05) is 0 Å². The molecule has 17 nitrogen and oxygen atoms in total. The molecule has 4 rings (SSSR count). The van der Waals surface area contributed by atoms with Gasteiger partial charge in [-0.05, 0) is 107 Å². The fraction of sp³-hybridized carbons (Fsp3) is 0.600. The van der Waals surface area contributed by atoms with Crippen molar-refractivity contribution in [2.75, 3.05) is 137 Å². The quantitative estimate of drug-likeness (QED) is 0.0192. The second-order valence-corrected chi connectivity index (χ2v) is 15.6. The van der Waals surface area contributed by atoms with Gasteiger partial charge in [-0.25, -0.2) is 4.79 Å². The molecule has 5 N–H and O–H groups in total. The zero-order valence-corrected chi connectivity index (χ0v) is 40.1. The van der Waals surface area contributed by atoms with Crippen molar-refractivity contribution in [3.63, 3.8) is 0 Å². The number of hydrogen-bond acceptors (Lipinski definition) is 16. The van der Waals surface area contributed by atoms with Crippen molar-refractivity contribution in [3.05, 3.63) is 64.5 Å². The molecule has 2 aliphatic rings. The van der Waals surface area contributed by atoms with E-state index in [1.807, 2.05) is 58.0 Å². The molecule has 67 heavy (non-hydrogen) atoms. The third-order valence-corrected chi connectivity index (χ3v) is 10.4. The maximum absolute atomic E-state index is 12.8. The van der Waals surface area contributed by atoms with E-state index in [9.17, 15) is 15.0 Å². The zero-order valence-electron chi connectivity index (χ0n) is 40.1. The molecule has 1 aliphatic heterocycles. The first-order chi connectivity index (χ1) is 32.8. The molecule has 2 aromatic rings. The molecule has 0 amide bonds. The van der Waals surface area contributed by atoms with E-state index < -0.39 is 12.2 Å². The normalized spacial score (nSPS) is 12.4. The number of rotatable bonds is 39. The van der Waals surface area contributed by atoms with Crippen molar-refractivity contribution in [1.29, 1.82) is 0 Å². The van der Waals surface area contributed by atoms with Gasteiger partial charge >= 0.3 is 5.97 Å². The molecule has 0 aromatic heterocycles. The van der Waals surface area contributed by atoms with Crippen LogP contribution in [0.25, 0.3) is 33.4 Å². The summed E-state index contributed by atoms with van der Waals surface area (Å²) < 4.78 is 55.9. The number of ether oxygens (including phenoxy) is 9. The lowest BCUT2D eigenvalue weighted by atomic mass is 9.89. The number of aliphatic hydroxyl groups is 2.